The Labute approximate surface area is 269 Å². The molecule has 46 heavy (non-hydrogen) atoms. The largest absolute Gasteiger partial charge is 0.491 e. The molecule has 4 aliphatic rings. The maximum Gasteiger partial charge on any atom is 0.119 e. The van der Waals surface area contributed by atoms with Crippen molar-refractivity contribution in [1.82, 2.24) is 0 Å². The van der Waals surface area contributed by atoms with Crippen molar-refractivity contribution in [2.24, 2.45) is 0 Å². The summed E-state index contributed by atoms with van der Waals surface area (Å²) in [5.74, 6) is 3.32. The molecule has 4 saturated heterocycles. The summed E-state index contributed by atoms with van der Waals surface area (Å²) in [5.41, 5.74) is 4.71. The molecule has 0 aliphatic carbocycles. The van der Waals surface area contributed by atoms with E-state index in [0.717, 1.165) is 49.4 Å². The first-order valence-corrected chi connectivity index (χ1v) is 16.1. The lowest BCUT2D eigenvalue weighted by atomic mass is 9.73. The fourth-order valence-corrected chi connectivity index (χ4v) is 5.65. The van der Waals surface area contributed by atoms with Gasteiger partial charge in [-0.25, -0.2) is 0 Å². The Morgan fingerprint density at radius 2 is 0.565 bits per heavy atom. The molecule has 4 heterocycles. The van der Waals surface area contributed by atoms with Crippen molar-refractivity contribution in [3.8, 4) is 23.0 Å². The van der Waals surface area contributed by atoms with Gasteiger partial charge in [0.1, 0.15) is 73.8 Å². The molecule has 4 aromatic carbocycles. The molecule has 8 rings (SSSR count). The van der Waals surface area contributed by atoms with E-state index in [9.17, 15) is 0 Å². The average Bonchev–Trinajstić information content (AvgIpc) is 3.91. The number of benzene rings is 4. The van der Waals surface area contributed by atoms with Crippen LogP contribution < -0.4 is 18.9 Å². The minimum absolute atomic E-state index is 0.0140. The normalized spacial score (nSPS) is 23.6. The number of epoxide rings is 4. The molecule has 0 spiro atoms. The van der Waals surface area contributed by atoms with Gasteiger partial charge in [0, 0.05) is 11.8 Å². The first kappa shape index (κ1) is 29.3. The van der Waals surface area contributed by atoms with E-state index in [0.29, 0.717) is 26.4 Å². The second kappa shape index (κ2) is 13.3. The van der Waals surface area contributed by atoms with Crippen molar-refractivity contribution in [3.05, 3.63) is 119 Å². The summed E-state index contributed by atoms with van der Waals surface area (Å²) in [7, 11) is 0. The molecular formula is C38H38O8. The predicted molar refractivity (Wildman–Crippen MR) is 170 cm³/mol. The molecule has 4 aromatic rings. The first-order valence-electron chi connectivity index (χ1n) is 16.1. The van der Waals surface area contributed by atoms with E-state index in [1.165, 1.54) is 22.3 Å². The third-order valence-electron chi connectivity index (χ3n) is 8.64. The van der Waals surface area contributed by atoms with Gasteiger partial charge in [0.2, 0.25) is 0 Å². The van der Waals surface area contributed by atoms with E-state index in [4.69, 9.17) is 37.9 Å². The van der Waals surface area contributed by atoms with Gasteiger partial charge in [-0.05, 0) is 70.8 Å². The van der Waals surface area contributed by atoms with E-state index in [2.05, 4.69) is 97.1 Å². The Bertz CT molecular complexity index is 1320. The molecule has 8 heteroatoms. The molecule has 0 aromatic heterocycles. The smallest absolute Gasteiger partial charge is 0.119 e. The highest BCUT2D eigenvalue weighted by Crippen LogP contribution is 2.44. The maximum absolute atomic E-state index is 5.98. The molecule has 4 unspecified atom stereocenters. The molecule has 4 aliphatic heterocycles. The third-order valence-corrected chi connectivity index (χ3v) is 8.64. The number of hydrogen-bond donors (Lipinski definition) is 0. The summed E-state index contributed by atoms with van der Waals surface area (Å²) in [6, 6.07) is 33.9. The minimum Gasteiger partial charge on any atom is -0.491 e. The number of ether oxygens (including phenoxy) is 8. The van der Waals surface area contributed by atoms with Crippen molar-refractivity contribution >= 4 is 0 Å². The van der Waals surface area contributed by atoms with Crippen LogP contribution in [0, 0.1) is 0 Å². The molecule has 238 valence electrons. The zero-order valence-corrected chi connectivity index (χ0v) is 25.6. The SMILES string of the molecule is c1cc(C(c2ccc(OCC3CO3)cc2)C(c2ccc(OCC3CO3)cc2)c2ccc(OC[C@@H]3CO3)cc2)ccc1OCC1CO1. The average molecular weight is 623 g/mol. The van der Waals surface area contributed by atoms with Gasteiger partial charge >= 0.3 is 0 Å². The van der Waals surface area contributed by atoms with Gasteiger partial charge in [0.25, 0.3) is 0 Å². The monoisotopic (exact) mass is 622 g/mol. The maximum atomic E-state index is 5.98. The Hall–Kier alpha value is -4.08. The molecule has 5 atom stereocenters. The molecule has 4 fully saturated rings. The Morgan fingerprint density at radius 1 is 0.370 bits per heavy atom. The van der Waals surface area contributed by atoms with Crippen LogP contribution in [0.4, 0.5) is 0 Å². The van der Waals surface area contributed by atoms with Crippen LogP contribution in [-0.4, -0.2) is 77.3 Å². The molecule has 0 amide bonds. The van der Waals surface area contributed by atoms with E-state index in [1.54, 1.807) is 0 Å². The number of hydrogen-bond acceptors (Lipinski definition) is 8. The second-order valence-corrected chi connectivity index (χ2v) is 12.3. The summed E-state index contributed by atoms with van der Waals surface area (Å²) in [6.07, 6.45) is 0.820. The third kappa shape index (κ3) is 7.82. The molecule has 0 radical (unpaired) electrons. The van der Waals surface area contributed by atoms with Gasteiger partial charge in [-0.3, -0.25) is 0 Å². The zero-order chi connectivity index (χ0) is 30.7. The van der Waals surface area contributed by atoms with Crippen molar-refractivity contribution in [1.29, 1.82) is 0 Å². The summed E-state index contributed by atoms with van der Waals surface area (Å²) in [6.45, 7) is 5.36. The van der Waals surface area contributed by atoms with Gasteiger partial charge < -0.3 is 37.9 Å². The van der Waals surface area contributed by atoms with Gasteiger partial charge in [0.05, 0.1) is 26.4 Å². The highest BCUT2D eigenvalue weighted by atomic mass is 16.6. The van der Waals surface area contributed by atoms with Crippen molar-refractivity contribution in [3.63, 3.8) is 0 Å². The summed E-state index contributed by atoms with van der Waals surface area (Å²) < 4.78 is 45.2. The molecule has 0 N–H and O–H groups in total. The number of rotatable bonds is 17. The molecule has 8 nitrogen and oxygen atoms in total. The first-order chi connectivity index (χ1) is 22.7. The Morgan fingerprint density at radius 3 is 0.739 bits per heavy atom. The summed E-state index contributed by atoms with van der Waals surface area (Å²) >= 11 is 0. The van der Waals surface area contributed by atoms with Crippen LogP contribution in [0.3, 0.4) is 0 Å². The quantitative estimate of drug-likeness (QED) is 0.138. The summed E-state index contributed by atoms with van der Waals surface area (Å²) in [4.78, 5) is 0. The van der Waals surface area contributed by atoms with Crippen LogP contribution in [0.5, 0.6) is 23.0 Å². The standard InChI is InChI=1S/C38H38O8/c1-9-29(39-17-33-21-43-33)10-2-25(1)37(26-3-11-30(12-4-26)40-18-34-22-44-34)38(27-5-13-31(14-6-27)41-19-35-23-45-35)28-7-15-32(16-8-28)42-20-36-24-46-36/h1-16,33-38H,17-24H2/t33-,34?,35?,36?,37?,38?/m1/s1. The van der Waals surface area contributed by atoms with Crippen LogP contribution in [0.2, 0.25) is 0 Å². The fourth-order valence-electron chi connectivity index (χ4n) is 5.65. The van der Waals surface area contributed by atoms with Gasteiger partial charge in [-0.15, -0.1) is 0 Å². The van der Waals surface area contributed by atoms with Crippen LogP contribution in [0.15, 0.2) is 97.1 Å². The summed E-state index contributed by atoms with van der Waals surface area (Å²) in [5, 5.41) is 0. The van der Waals surface area contributed by atoms with Crippen LogP contribution in [-0.2, 0) is 18.9 Å². The van der Waals surface area contributed by atoms with E-state index < -0.39 is 0 Å². The topological polar surface area (TPSA) is 87.0 Å². The van der Waals surface area contributed by atoms with E-state index in [-0.39, 0.29) is 36.3 Å². The van der Waals surface area contributed by atoms with Crippen molar-refractivity contribution in [2.45, 2.75) is 36.3 Å². The highest BCUT2D eigenvalue weighted by molar-refractivity contribution is 5.48. The van der Waals surface area contributed by atoms with Gasteiger partial charge in [-0.1, -0.05) is 48.5 Å². The van der Waals surface area contributed by atoms with Crippen LogP contribution >= 0.6 is 0 Å². The molecule has 0 saturated carbocycles. The highest BCUT2D eigenvalue weighted by Gasteiger charge is 2.30. The molecular weight excluding hydrogens is 584 g/mol. The van der Waals surface area contributed by atoms with Crippen LogP contribution in [0.1, 0.15) is 34.1 Å². The van der Waals surface area contributed by atoms with Crippen LogP contribution in [0.25, 0.3) is 0 Å². The Balaban J connectivity index is 1.13. The lowest BCUT2D eigenvalue weighted by Gasteiger charge is -2.30. The second-order valence-electron chi connectivity index (χ2n) is 12.3. The van der Waals surface area contributed by atoms with Crippen molar-refractivity contribution in [2.75, 3.05) is 52.9 Å². The zero-order valence-electron chi connectivity index (χ0n) is 25.6. The molecule has 0 bridgehead atoms. The van der Waals surface area contributed by atoms with E-state index >= 15 is 0 Å². The van der Waals surface area contributed by atoms with Crippen molar-refractivity contribution < 1.29 is 37.9 Å². The van der Waals surface area contributed by atoms with Gasteiger partial charge in [0.15, 0.2) is 0 Å². The van der Waals surface area contributed by atoms with Gasteiger partial charge in [-0.2, -0.15) is 0 Å². The Kier molecular flexibility index (Phi) is 8.51. The fraction of sp³-hybridized carbons (Fsp3) is 0.368. The van der Waals surface area contributed by atoms with E-state index in [1.807, 2.05) is 0 Å². The lowest BCUT2D eigenvalue weighted by molar-refractivity contribution is 0.263. The lowest BCUT2D eigenvalue weighted by Crippen LogP contribution is -2.15. The minimum atomic E-state index is -0.0140. The predicted octanol–water partition coefficient (Wildman–Crippen LogP) is 5.76.